The molecule has 3 aromatic heterocycles. The van der Waals surface area contributed by atoms with Crippen molar-refractivity contribution in [3.05, 3.63) is 23.2 Å². The predicted octanol–water partition coefficient (Wildman–Crippen LogP) is 1.98. The zero-order valence-electron chi connectivity index (χ0n) is 9.51. The maximum atomic E-state index is 5.97. The second-order valence-corrected chi connectivity index (χ2v) is 4.76. The highest BCUT2D eigenvalue weighted by molar-refractivity contribution is 7.13. The monoisotopic (exact) mass is 245 g/mol. The predicted molar refractivity (Wildman–Crippen MR) is 68.8 cm³/mol. The topological polar surface area (TPSA) is 69.6 Å². The number of aromatic nitrogens is 4. The summed E-state index contributed by atoms with van der Waals surface area (Å²) in [7, 11) is 1.85. The number of nitrogens with zero attached hydrogens (tertiary/aromatic N) is 4. The van der Waals surface area contributed by atoms with Crippen LogP contribution in [0.5, 0.6) is 0 Å². The minimum absolute atomic E-state index is 0.474. The largest absolute Gasteiger partial charge is 0.382 e. The first kappa shape index (κ1) is 10.2. The highest BCUT2D eigenvalue weighted by Gasteiger charge is 2.14. The number of thiophene rings is 1. The van der Waals surface area contributed by atoms with Crippen LogP contribution in [0.2, 0.25) is 0 Å². The van der Waals surface area contributed by atoms with Gasteiger partial charge in [0.25, 0.3) is 0 Å². The lowest BCUT2D eigenvalue weighted by atomic mass is 10.3. The van der Waals surface area contributed by atoms with Crippen LogP contribution in [0.15, 0.2) is 17.5 Å². The van der Waals surface area contributed by atoms with Crippen molar-refractivity contribution >= 4 is 28.2 Å². The molecule has 3 rings (SSSR count). The van der Waals surface area contributed by atoms with Crippen molar-refractivity contribution < 1.29 is 0 Å². The first-order valence-corrected chi connectivity index (χ1v) is 6.05. The molecule has 5 nitrogen and oxygen atoms in total. The fourth-order valence-electron chi connectivity index (χ4n) is 1.88. The smallest absolute Gasteiger partial charge is 0.172 e. The van der Waals surface area contributed by atoms with Gasteiger partial charge in [-0.15, -0.1) is 11.3 Å². The van der Waals surface area contributed by atoms with E-state index in [1.807, 2.05) is 31.5 Å². The van der Waals surface area contributed by atoms with Gasteiger partial charge < -0.3 is 5.73 Å². The summed E-state index contributed by atoms with van der Waals surface area (Å²) >= 11 is 1.60. The summed E-state index contributed by atoms with van der Waals surface area (Å²) in [4.78, 5) is 9.88. The molecule has 0 unspecified atom stereocenters. The molecule has 0 amide bonds. The zero-order valence-corrected chi connectivity index (χ0v) is 10.3. The Bertz CT molecular complexity index is 684. The van der Waals surface area contributed by atoms with Crippen LogP contribution >= 0.6 is 11.3 Å². The third kappa shape index (κ3) is 1.49. The number of anilines is 1. The standard InChI is InChI=1S/C11H11N5S/c1-6-8-9(16(2)15-6)10(12)14-11(13-8)7-4-3-5-17-7/h3-5H,1-2H3,(H2,12,13,14). The Kier molecular flexibility index (Phi) is 2.12. The van der Waals surface area contributed by atoms with Gasteiger partial charge in [-0.3, -0.25) is 4.68 Å². The van der Waals surface area contributed by atoms with Gasteiger partial charge >= 0.3 is 0 Å². The second kappa shape index (κ2) is 3.53. The molecule has 0 atom stereocenters. The highest BCUT2D eigenvalue weighted by atomic mass is 32.1. The minimum Gasteiger partial charge on any atom is -0.382 e. The molecule has 0 radical (unpaired) electrons. The average Bonchev–Trinajstić information content (AvgIpc) is 2.88. The maximum absolute atomic E-state index is 5.97. The van der Waals surface area contributed by atoms with Crippen LogP contribution in [0.4, 0.5) is 5.82 Å². The van der Waals surface area contributed by atoms with Gasteiger partial charge in [0.05, 0.1) is 10.6 Å². The molecule has 86 valence electrons. The normalized spacial score (nSPS) is 11.2. The molecule has 3 heterocycles. The van der Waals surface area contributed by atoms with E-state index in [0.717, 1.165) is 21.6 Å². The number of rotatable bonds is 1. The van der Waals surface area contributed by atoms with Crippen LogP contribution in [-0.2, 0) is 7.05 Å². The van der Waals surface area contributed by atoms with Crippen molar-refractivity contribution in [2.45, 2.75) is 6.92 Å². The third-order valence-corrected chi connectivity index (χ3v) is 3.48. The number of nitrogen functional groups attached to an aromatic ring is 1. The van der Waals surface area contributed by atoms with Crippen molar-refractivity contribution in [3.8, 4) is 10.7 Å². The van der Waals surface area contributed by atoms with Gasteiger partial charge in [0, 0.05) is 7.05 Å². The Morgan fingerprint density at radius 2 is 2.18 bits per heavy atom. The minimum atomic E-state index is 0.474. The number of hydrogen-bond acceptors (Lipinski definition) is 5. The molecule has 0 saturated heterocycles. The van der Waals surface area contributed by atoms with Crippen LogP contribution < -0.4 is 5.73 Å². The van der Waals surface area contributed by atoms with E-state index in [2.05, 4.69) is 15.1 Å². The van der Waals surface area contributed by atoms with E-state index in [1.54, 1.807) is 16.0 Å². The summed E-state index contributed by atoms with van der Waals surface area (Å²) in [5.41, 5.74) is 8.46. The van der Waals surface area contributed by atoms with Crippen molar-refractivity contribution in [1.82, 2.24) is 19.7 Å². The van der Waals surface area contributed by atoms with Gasteiger partial charge in [0.15, 0.2) is 11.6 Å². The van der Waals surface area contributed by atoms with Gasteiger partial charge in [-0.2, -0.15) is 5.10 Å². The molecule has 0 aliphatic rings. The van der Waals surface area contributed by atoms with Gasteiger partial charge in [-0.1, -0.05) is 6.07 Å². The van der Waals surface area contributed by atoms with E-state index in [-0.39, 0.29) is 0 Å². The van der Waals surface area contributed by atoms with E-state index < -0.39 is 0 Å². The summed E-state index contributed by atoms with van der Waals surface area (Å²) < 4.78 is 1.72. The summed E-state index contributed by atoms with van der Waals surface area (Å²) in [6, 6.07) is 3.96. The Morgan fingerprint density at radius 1 is 1.35 bits per heavy atom. The molecule has 6 heteroatoms. The summed E-state index contributed by atoms with van der Waals surface area (Å²) in [6.45, 7) is 1.92. The third-order valence-electron chi connectivity index (χ3n) is 2.62. The van der Waals surface area contributed by atoms with Crippen molar-refractivity contribution in [3.63, 3.8) is 0 Å². The molecule has 0 aliphatic carbocycles. The fraction of sp³-hybridized carbons (Fsp3) is 0.182. The van der Waals surface area contributed by atoms with Crippen molar-refractivity contribution in [2.24, 2.45) is 7.05 Å². The second-order valence-electron chi connectivity index (χ2n) is 3.82. The molecule has 0 spiro atoms. The summed E-state index contributed by atoms with van der Waals surface area (Å²) in [5.74, 6) is 1.14. The van der Waals surface area contributed by atoms with Gasteiger partial charge in [-0.05, 0) is 18.4 Å². The fourth-order valence-corrected chi connectivity index (χ4v) is 2.54. The highest BCUT2D eigenvalue weighted by Crippen LogP contribution is 2.26. The lowest BCUT2D eigenvalue weighted by Gasteiger charge is -2.01. The molecule has 17 heavy (non-hydrogen) atoms. The van der Waals surface area contributed by atoms with Crippen molar-refractivity contribution in [1.29, 1.82) is 0 Å². The first-order chi connectivity index (χ1) is 8.16. The van der Waals surface area contributed by atoms with Gasteiger partial charge in [0.2, 0.25) is 0 Å². The first-order valence-electron chi connectivity index (χ1n) is 5.17. The zero-order chi connectivity index (χ0) is 12.0. The maximum Gasteiger partial charge on any atom is 0.172 e. The molecule has 0 aliphatic heterocycles. The quantitative estimate of drug-likeness (QED) is 0.711. The number of aryl methyl sites for hydroxylation is 2. The average molecular weight is 245 g/mol. The molecule has 0 aromatic carbocycles. The van der Waals surface area contributed by atoms with E-state index >= 15 is 0 Å². The summed E-state index contributed by atoms with van der Waals surface area (Å²) in [6.07, 6.45) is 0. The van der Waals surface area contributed by atoms with E-state index in [9.17, 15) is 0 Å². The van der Waals surface area contributed by atoms with E-state index in [0.29, 0.717) is 11.6 Å². The molecule has 2 N–H and O–H groups in total. The summed E-state index contributed by atoms with van der Waals surface area (Å²) in [5, 5.41) is 6.31. The number of fused-ring (bicyclic) bond motifs is 1. The van der Waals surface area contributed by atoms with Crippen LogP contribution in [0, 0.1) is 6.92 Å². The Hall–Kier alpha value is -1.95. The van der Waals surface area contributed by atoms with E-state index in [4.69, 9.17) is 5.73 Å². The molecule has 3 aromatic rings. The molecule has 0 saturated carbocycles. The SMILES string of the molecule is Cc1nn(C)c2c(N)nc(-c3cccs3)nc12. The number of nitrogens with two attached hydrogens (primary N) is 1. The van der Waals surface area contributed by atoms with Gasteiger partial charge in [0.1, 0.15) is 11.0 Å². The molecular weight excluding hydrogens is 234 g/mol. The molecule has 0 bridgehead atoms. The van der Waals surface area contributed by atoms with Crippen LogP contribution in [0.25, 0.3) is 21.7 Å². The Balaban J connectivity index is 2.34. The van der Waals surface area contributed by atoms with Crippen LogP contribution in [-0.4, -0.2) is 19.7 Å². The van der Waals surface area contributed by atoms with Crippen molar-refractivity contribution in [2.75, 3.05) is 5.73 Å². The van der Waals surface area contributed by atoms with Gasteiger partial charge in [-0.25, -0.2) is 9.97 Å². The Labute approximate surface area is 102 Å². The lowest BCUT2D eigenvalue weighted by Crippen LogP contribution is -2.00. The number of hydrogen-bond donors (Lipinski definition) is 1. The molecular formula is C11H11N5S. The Morgan fingerprint density at radius 3 is 2.88 bits per heavy atom. The van der Waals surface area contributed by atoms with Crippen LogP contribution in [0.1, 0.15) is 5.69 Å². The van der Waals surface area contributed by atoms with Crippen LogP contribution in [0.3, 0.4) is 0 Å². The van der Waals surface area contributed by atoms with E-state index in [1.165, 1.54) is 0 Å². The lowest BCUT2D eigenvalue weighted by molar-refractivity contribution is 0.783. The molecule has 0 fully saturated rings.